The molecule has 0 bridgehead atoms. The summed E-state index contributed by atoms with van der Waals surface area (Å²) in [5, 5.41) is 0. The van der Waals surface area contributed by atoms with Crippen LogP contribution in [0.1, 0.15) is 29.5 Å². The highest BCUT2D eigenvalue weighted by atomic mass is 19.4. The zero-order chi connectivity index (χ0) is 20.6. The Morgan fingerprint density at radius 2 is 1.83 bits per heavy atom. The minimum atomic E-state index is -4.44. The van der Waals surface area contributed by atoms with E-state index in [-0.39, 0.29) is 11.7 Å². The largest absolute Gasteiger partial charge is 0.493 e. The van der Waals surface area contributed by atoms with Crippen molar-refractivity contribution in [3.05, 3.63) is 59.2 Å². The Hall–Kier alpha value is -2.96. The number of amides is 1. The number of anilines is 1. The molecule has 1 amide bonds. The highest BCUT2D eigenvalue weighted by molar-refractivity contribution is 6.05. The SMILES string of the molecule is CN(C(=O)/C=C1\CCCOc2cc(C(F)(F)F)ccc21)c1ccc2c(c1)CCO2. The molecule has 4 nitrogen and oxygen atoms in total. The minimum absolute atomic E-state index is 0.161. The van der Waals surface area contributed by atoms with E-state index in [0.29, 0.717) is 37.2 Å². The predicted molar refractivity (Wildman–Crippen MR) is 103 cm³/mol. The number of ether oxygens (including phenoxy) is 2. The van der Waals surface area contributed by atoms with E-state index in [4.69, 9.17) is 9.47 Å². The van der Waals surface area contributed by atoms with Crippen molar-refractivity contribution in [2.45, 2.75) is 25.4 Å². The number of rotatable bonds is 2. The number of fused-ring (bicyclic) bond motifs is 2. The van der Waals surface area contributed by atoms with E-state index in [1.807, 2.05) is 18.2 Å². The number of halogens is 3. The quantitative estimate of drug-likeness (QED) is 0.673. The molecule has 0 spiro atoms. The first-order valence-electron chi connectivity index (χ1n) is 9.41. The van der Waals surface area contributed by atoms with E-state index in [9.17, 15) is 18.0 Å². The monoisotopic (exact) mass is 403 g/mol. The summed E-state index contributed by atoms with van der Waals surface area (Å²) in [6, 6.07) is 9.01. The van der Waals surface area contributed by atoms with Gasteiger partial charge in [-0.3, -0.25) is 4.79 Å². The fourth-order valence-electron chi connectivity index (χ4n) is 3.57. The van der Waals surface area contributed by atoms with Crippen molar-refractivity contribution < 1.29 is 27.4 Å². The lowest BCUT2D eigenvalue weighted by molar-refractivity contribution is -0.137. The van der Waals surface area contributed by atoms with Crippen LogP contribution in [0.15, 0.2) is 42.5 Å². The van der Waals surface area contributed by atoms with Crippen LogP contribution in [0.2, 0.25) is 0 Å². The number of nitrogens with zero attached hydrogens (tertiary/aromatic N) is 1. The molecule has 0 fully saturated rings. The van der Waals surface area contributed by atoms with Crippen LogP contribution in [0.3, 0.4) is 0 Å². The highest BCUT2D eigenvalue weighted by Crippen LogP contribution is 2.38. The van der Waals surface area contributed by atoms with Crippen molar-refractivity contribution in [3.8, 4) is 11.5 Å². The maximum absolute atomic E-state index is 13.0. The molecular formula is C22H20F3NO3. The van der Waals surface area contributed by atoms with Crippen LogP contribution in [0.4, 0.5) is 18.9 Å². The molecule has 0 aromatic heterocycles. The van der Waals surface area contributed by atoms with E-state index >= 15 is 0 Å². The first-order valence-corrected chi connectivity index (χ1v) is 9.41. The Morgan fingerprint density at radius 1 is 1.03 bits per heavy atom. The van der Waals surface area contributed by atoms with Gasteiger partial charge in [0.15, 0.2) is 0 Å². The van der Waals surface area contributed by atoms with E-state index < -0.39 is 11.7 Å². The standard InChI is InChI=1S/C22H20F3NO3/c1-26(17-5-7-19-15(11-17)8-10-29-19)21(27)12-14-3-2-9-28-20-13-16(22(23,24)25)4-6-18(14)20/h4-7,11-13H,2-3,8-10H2,1H3/b14-12+. The van der Waals surface area contributed by atoms with Crippen LogP contribution in [0, 0.1) is 0 Å². The topological polar surface area (TPSA) is 38.8 Å². The van der Waals surface area contributed by atoms with Crippen molar-refractivity contribution in [2.24, 2.45) is 0 Å². The fraction of sp³-hybridized carbons (Fsp3) is 0.318. The average Bonchev–Trinajstić information content (AvgIpc) is 3.07. The first kappa shape index (κ1) is 19.4. The summed E-state index contributed by atoms with van der Waals surface area (Å²) in [6.45, 7) is 0.942. The zero-order valence-corrected chi connectivity index (χ0v) is 15.9. The van der Waals surface area contributed by atoms with Crippen molar-refractivity contribution in [2.75, 3.05) is 25.2 Å². The number of allylic oxidation sites excluding steroid dienone is 1. The second kappa shape index (κ2) is 7.46. The van der Waals surface area contributed by atoms with Crippen LogP contribution in [-0.4, -0.2) is 26.2 Å². The maximum atomic E-state index is 13.0. The number of hydrogen-bond donors (Lipinski definition) is 0. The Morgan fingerprint density at radius 3 is 2.62 bits per heavy atom. The van der Waals surface area contributed by atoms with Gasteiger partial charge in [0.2, 0.25) is 0 Å². The van der Waals surface area contributed by atoms with E-state index in [1.54, 1.807) is 7.05 Å². The maximum Gasteiger partial charge on any atom is 0.416 e. The summed E-state index contributed by atoms with van der Waals surface area (Å²) in [5.41, 5.74) is 2.24. The number of carbonyl (C=O) groups is 1. The van der Waals surface area contributed by atoms with E-state index in [0.717, 1.165) is 35.6 Å². The number of carbonyl (C=O) groups excluding carboxylic acids is 1. The fourth-order valence-corrected chi connectivity index (χ4v) is 3.57. The van der Waals surface area contributed by atoms with Crippen LogP contribution in [-0.2, 0) is 17.4 Å². The molecule has 0 N–H and O–H groups in total. The normalized spacial score (nSPS) is 17.0. The molecule has 2 aliphatic heterocycles. The van der Waals surface area contributed by atoms with Gasteiger partial charge in [-0.25, -0.2) is 0 Å². The molecular weight excluding hydrogens is 383 g/mol. The molecule has 0 saturated heterocycles. The molecule has 0 atom stereocenters. The first-order chi connectivity index (χ1) is 13.8. The highest BCUT2D eigenvalue weighted by Gasteiger charge is 2.32. The second-order valence-corrected chi connectivity index (χ2v) is 7.12. The van der Waals surface area contributed by atoms with Gasteiger partial charge < -0.3 is 14.4 Å². The van der Waals surface area contributed by atoms with Gasteiger partial charge >= 0.3 is 6.18 Å². The van der Waals surface area contributed by atoms with E-state index in [1.165, 1.54) is 17.0 Å². The lowest BCUT2D eigenvalue weighted by atomic mass is 9.99. The number of hydrogen-bond acceptors (Lipinski definition) is 3. The molecule has 2 aromatic rings. The molecule has 0 saturated carbocycles. The molecule has 2 aromatic carbocycles. The molecule has 4 rings (SSSR count). The third-order valence-corrected chi connectivity index (χ3v) is 5.19. The second-order valence-electron chi connectivity index (χ2n) is 7.12. The summed E-state index contributed by atoms with van der Waals surface area (Å²) in [5.74, 6) is 0.753. The molecule has 152 valence electrons. The molecule has 0 radical (unpaired) electrons. The minimum Gasteiger partial charge on any atom is -0.493 e. The molecule has 0 aliphatic carbocycles. The molecule has 2 aliphatic rings. The molecule has 0 unspecified atom stereocenters. The van der Waals surface area contributed by atoms with Gasteiger partial charge in [0, 0.05) is 30.8 Å². The van der Waals surface area contributed by atoms with Gasteiger partial charge in [0.25, 0.3) is 5.91 Å². The van der Waals surface area contributed by atoms with Crippen molar-refractivity contribution in [1.29, 1.82) is 0 Å². The summed E-state index contributed by atoms with van der Waals surface area (Å²) in [7, 11) is 1.68. The molecule has 7 heteroatoms. The van der Waals surface area contributed by atoms with Crippen LogP contribution < -0.4 is 14.4 Å². The van der Waals surface area contributed by atoms with Crippen LogP contribution in [0.5, 0.6) is 11.5 Å². The van der Waals surface area contributed by atoms with Crippen LogP contribution in [0.25, 0.3) is 5.57 Å². The smallest absolute Gasteiger partial charge is 0.416 e. The number of likely N-dealkylation sites (N-methyl/N-ethyl adjacent to an activating group) is 1. The van der Waals surface area contributed by atoms with Gasteiger partial charge in [0.1, 0.15) is 11.5 Å². The van der Waals surface area contributed by atoms with E-state index in [2.05, 4.69) is 0 Å². The zero-order valence-electron chi connectivity index (χ0n) is 15.9. The van der Waals surface area contributed by atoms with Gasteiger partial charge in [-0.05, 0) is 54.3 Å². The van der Waals surface area contributed by atoms with Crippen LogP contribution >= 0.6 is 0 Å². The number of benzene rings is 2. The average molecular weight is 403 g/mol. The summed E-state index contributed by atoms with van der Waals surface area (Å²) < 4.78 is 50.0. The van der Waals surface area contributed by atoms with Gasteiger partial charge in [-0.2, -0.15) is 13.2 Å². The van der Waals surface area contributed by atoms with Gasteiger partial charge in [-0.1, -0.05) is 6.07 Å². The Bertz CT molecular complexity index is 982. The lowest BCUT2D eigenvalue weighted by Gasteiger charge is -2.18. The Labute approximate surface area is 166 Å². The van der Waals surface area contributed by atoms with Gasteiger partial charge in [-0.15, -0.1) is 0 Å². The van der Waals surface area contributed by atoms with Crippen molar-refractivity contribution in [1.82, 2.24) is 0 Å². The van der Waals surface area contributed by atoms with Crippen molar-refractivity contribution >= 4 is 17.2 Å². The molecule has 29 heavy (non-hydrogen) atoms. The summed E-state index contributed by atoms with van der Waals surface area (Å²) in [6.07, 6.45) is -0.976. The number of alkyl halides is 3. The summed E-state index contributed by atoms with van der Waals surface area (Å²) in [4.78, 5) is 14.4. The Kier molecular flexibility index (Phi) is 4.98. The predicted octanol–water partition coefficient (Wildman–Crippen LogP) is 4.86. The third kappa shape index (κ3) is 3.95. The van der Waals surface area contributed by atoms with Crippen molar-refractivity contribution in [3.63, 3.8) is 0 Å². The third-order valence-electron chi connectivity index (χ3n) is 5.19. The Balaban J connectivity index is 1.63. The lowest BCUT2D eigenvalue weighted by Crippen LogP contribution is -2.24. The molecule has 2 heterocycles. The van der Waals surface area contributed by atoms with Gasteiger partial charge in [0.05, 0.1) is 18.8 Å². The summed E-state index contributed by atoms with van der Waals surface area (Å²) >= 11 is 0.